The van der Waals surface area contributed by atoms with E-state index in [0.717, 1.165) is 53.6 Å². The van der Waals surface area contributed by atoms with Crippen molar-refractivity contribution < 1.29 is 9.90 Å². The zero-order valence-corrected chi connectivity index (χ0v) is 13.5. The molecule has 0 bridgehead atoms. The van der Waals surface area contributed by atoms with Crippen LogP contribution < -0.4 is 0 Å². The average Bonchev–Trinajstić information content (AvgIpc) is 3.05. The summed E-state index contributed by atoms with van der Waals surface area (Å²) in [6, 6.07) is 6.25. The number of carboxylic acids is 1. The van der Waals surface area contributed by atoms with E-state index in [0.29, 0.717) is 10.6 Å². The predicted octanol–water partition coefficient (Wildman–Crippen LogP) is 3.74. The molecule has 0 atom stereocenters. The number of fused-ring (bicyclic) bond motifs is 1. The minimum atomic E-state index is -0.897. The minimum Gasteiger partial charge on any atom is -0.481 e. The van der Waals surface area contributed by atoms with Gasteiger partial charge in [0.25, 0.3) is 0 Å². The molecule has 0 amide bonds. The van der Waals surface area contributed by atoms with Gasteiger partial charge in [0.05, 0.1) is 11.3 Å². The second-order valence-corrected chi connectivity index (χ2v) is 6.98. The lowest BCUT2D eigenvalue weighted by Crippen LogP contribution is -2.11. The predicted molar refractivity (Wildman–Crippen MR) is 87.3 cm³/mol. The summed E-state index contributed by atoms with van der Waals surface area (Å²) in [5, 5.41) is 21.1. The Morgan fingerprint density at radius 1 is 1.45 bits per heavy atom. The van der Waals surface area contributed by atoms with Gasteiger partial charge in [0.1, 0.15) is 11.1 Å². The molecular formula is C16H14N2O2S2. The monoisotopic (exact) mass is 330 g/mol. The molecule has 1 aliphatic rings. The summed E-state index contributed by atoms with van der Waals surface area (Å²) < 4.78 is 0. The third kappa shape index (κ3) is 2.87. The summed E-state index contributed by atoms with van der Waals surface area (Å²) in [5.74, 6) is -0.976. The molecule has 0 radical (unpaired) electrons. The van der Waals surface area contributed by atoms with Gasteiger partial charge in [-0.1, -0.05) is 17.8 Å². The highest BCUT2D eigenvalue weighted by Crippen LogP contribution is 2.39. The van der Waals surface area contributed by atoms with E-state index < -0.39 is 5.97 Å². The molecule has 3 rings (SSSR count). The summed E-state index contributed by atoms with van der Waals surface area (Å²) in [6.45, 7) is 0. The number of carbonyl (C=O) groups is 1. The van der Waals surface area contributed by atoms with E-state index in [1.54, 1.807) is 11.3 Å². The van der Waals surface area contributed by atoms with E-state index in [1.807, 2.05) is 17.5 Å². The van der Waals surface area contributed by atoms with Crippen molar-refractivity contribution in [3.63, 3.8) is 0 Å². The highest BCUT2D eigenvalue weighted by Gasteiger charge is 2.23. The fourth-order valence-corrected chi connectivity index (χ4v) is 4.28. The lowest BCUT2D eigenvalue weighted by atomic mass is 9.89. The van der Waals surface area contributed by atoms with Gasteiger partial charge in [0.2, 0.25) is 0 Å². The van der Waals surface area contributed by atoms with Crippen molar-refractivity contribution in [1.29, 1.82) is 5.26 Å². The molecule has 112 valence electrons. The first-order chi connectivity index (χ1) is 10.7. The van der Waals surface area contributed by atoms with Crippen LogP contribution in [0.5, 0.6) is 0 Å². The van der Waals surface area contributed by atoms with Gasteiger partial charge in [-0.05, 0) is 42.7 Å². The normalized spacial score (nSPS) is 13.4. The number of thiophene rings is 1. The molecule has 0 aromatic carbocycles. The SMILES string of the molecule is N#Cc1c(SCC(=O)O)nc2c(c1-c1cccs1)CCCC2. The fourth-order valence-electron chi connectivity index (χ4n) is 2.75. The molecule has 1 aliphatic carbocycles. The average molecular weight is 330 g/mol. The lowest BCUT2D eigenvalue weighted by molar-refractivity contribution is -0.133. The van der Waals surface area contributed by atoms with Crippen LogP contribution in [0.25, 0.3) is 10.4 Å². The van der Waals surface area contributed by atoms with Crippen LogP contribution >= 0.6 is 23.1 Å². The van der Waals surface area contributed by atoms with Crippen molar-refractivity contribution in [3.8, 4) is 16.5 Å². The van der Waals surface area contributed by atoms with Crippen LogP contribution in [0.2, 0.25) is 0 Å². The Kier molecular flexibility index (Phi) is 4.46. The maximum absolute atomic E-state index is 10.8. The van der Waals surface area contributed by atoms with Gasteiger partial charge in [-0.15, -0.1) is 11.3 Å². The largest absolute Gasteiger partial charge is 0.481 e. The van der Waals surface area contributed by atoms with Crippen LogP contribution in [0.3, 0.4) is 0 Å². The van der Waals surface area contributed by atoms with Gasteiger partial charge in [0, 0.05) is 16.1 Å². The molecule has 2 aromatic rings. The molecule has 0 spiro atoms. The van der Waals surface area contributed by atoms with Crippen LogP contribution in [0.15, 0.2) is 22.5 Å². The maximum Gasteiger partial charge on any atom is 0.313 e. The number of nitrogens with zero attached hydrogens (tertiary/aromatic N) is 2. The van der Waals surface area contributed by atoms with Gasteiger partial charge in [-0.25, -0.2) is 4.98 Å². The Balaban J connectivity index is 2.18. The van der Waals surface area contributed by atoms with Crippen molar-refractivity contribution in [2.45, 2.75) is 30.7 Å². The van der Waals surface area contributed by atoms with Crippen LogP contribution in [0.1, 0.15) is 29.7 Å². The fraction of sp³-hybridized carbons (Fsp3) is 0.312. The van der Waals surface area contributed by atoms with Crippen molar-refractivity contribution >= 4 is 29.1 Å². The maximum atomic E-state index is 10.8. The van der Waals surface area contributed by atoms with Gasteiger partial charge >= 0.3 is 5.97 Å². The van der Waals surface area contributed by atoms with E-state index in [2.05, 4.69) is 11.1 Å². The quantitative estimate of drug-likeness (QED) is 0.865. The number of aromatic nitrogens is 1. The third-order valence-corrected chi connectivity index (χ3v) is 5.50. The number of hydrogen-bond donors (Lipinski definition) is 1. The first-order valence-corrected chi connectivity index (χ1v) is 8.91. The van der Waals surface area contributed by atoms with Crippen LogP contribution in [-0.2, 0) is 17.6 Å². The molecule has 4 nitrogen and oxygen atoms in total. The van der Waals surface area contributed by atoms with Gasteiger partial charge in [0.15, 0.2) is 0 Å². The van der Waals surface area contributed by atoms with E-state index in [-0.39, 0.29) is 5.75 Å². The number of aryl methyl sites for hydroxylation is 1. The third-order valence-electron chi connectivity index (χ3n) is 3.65. The minimum absolute atomic E-state index is 0.0790. The van der Waals surface area contributed by atoms with Crippen LogP contribution in [0, 0.1) is 11.3 Å². The Bertz CT molecular complexity index is 748. The Morgan fingerprint density at radius 2 is 2.27 bits per heavy atom. The number of hydrogen-bond acceptors (Lipinski definition) is 5. The van der Waals surface area contributed by atoms with E-state index in [9.17, 15) is 10.1 Å². The molecule has 0 unspecified atom stereocenters. The highest BCUT2D eigenvalue weighted by atomic mass is 32.2. The number of thioether (sulfide) groups is 1. The molecule has 0 aliphatic heterocycles. The smallest absolute Gasteiger partial charge is 0.313 e. The summed E-state index contributed by atoms with van der Waals surface area (Å²) in [6.07, 6.45) is 4.05. The molecule has 0 fully saturated rings. The first-order valence-electron chi connectivity index (χ1n) is 7.05. The number of carboxylic acid groups (broad SMARTS) is 1. The molecule has 6 heteroatoms. The summed E-state index contributed by atoms with van der Waals surface area (Å²) >= 11 is 2.74. The number of nitriles is 1. The van der Waals surface area contributed by atoms with Crippen molar-refractivity contribution in [2.24, 2.45) is 0 Å². The zero-order valence-electron chi connectivity index (χ0n) is 11.8. The number of pyridine rings is 1. The standard InChI is InChI=1S/C16H14N2O2S2/c17-8-11-15(13-6-3-7-21-13)10-4-1-2-5-12(10)18-16(11)22-9-14(19)20/h3,6-7H,1-2,4-5,9H2,(H,19,20). The summed E-state index contributed by atoms with van der Waals surface area (Å²) in [5.41, 5.74) is 3.69. The Labute approximate surface area is 136 Å². The number of aliphatic carboxylic acids is 1. The first kappa shape index (κ1) is 15.1. The van der Waals surface area contributed by atoms with Crippen molar-refractivity contribution in [2.75, 3.05) is 5.75 Å². The van der Waals surface area contributed by atoms with Crippen LogP contribution in [-0.4, -0.2) is 21.8 Å². The second kappa shape index (κ2) is 6.51. The molecule has 2 heterocycles. The topological polar surface area (TPSA) is 74.0 Å². The van der Waals surface area contributed by atoms with E-state index >= 15 is 0 Å². The number of rotatable bonds is 4. The molecular weight excluding hydrogens is 316 g/mol. The van der Waals surface area contributed by atoms with E-state index in [4.69, 9.17) is 5.11 Å². The molecule has 2 aromatic heterocycles. The summed E-state index contributed by atoms with van der Waals surface area (Å²) in [4.78, 5) is 16.5. The zero-order chi connectivity index (χ0) is 15.5. The summed E-state index contributed by atoms with van der Waals surface area (Å²) in [7, 11) is 0. The van der Waals surface area contributed by atoms with Crippen molar-refractivity contribution in [1.82, 2.24) is 4.98 Å². The van der Waals surface area contributed by atoms with Crippen molar-refractivity contribution in [3.05, 3.63) is 34.3 Å². The Morgan fingerprint density at radius 3 is 2.95 bits per heavy atom. The highest BCUT2D eigenvalue weighted by molar-refractivity contribution is 7.99. The second-order valence-electron chi connectivity index (χ2n) is 5.07. The molecule has 0 saturated heterocycles. The molecule has 0 saturated carbocycles. The lowest BCUT2D eigenvalue weighted by Gasteiger charge is -2.21. The van der Waals surface area contributed by atoms with Gasteiger partial charge in [-0.3, -0.25) is 4.79 Å². The molecule has 22 heavy (non-hydrogen) atoms. The Hall–Kier alpha value is -1.84. The van der Waals surface area contributed by atoms with Crippen LogP contribution in [0.4, 0.5) is 0 Å². The van der Waals surface area contributed by atoms with E-state index in [1.165, 1.54) is 5.56 Å². The van der Waals surface area contributed by atoms with Gasteiger partial charge in [-0.2, -0.15) is 5.26 Å². The van der Waals surface area contributed by atoms with Gasteiger partial charge < -0.3 is 5.11 Å². The molecule has 1 N–H and O–H groups in total.